The second kappa shape index (κ2) is 4.75. The summed E-state index contributed by atoms with van der Waals surface area (Å²) in [4.78, 5) is 15.3. The Morgan fingerprint density at radius 3 is 3.12 bits per heavy atom. The molecule has 0 aliphatic rings. The van der Waals surface area contributed by atoms with Gasteiger partial charge in [-0.05, 0) is 22.4 Å². The Labute approximate surface area is 96.3 Å². The fraction of sp³-hybridized carbons (Fsp3) is 0.222. The fourth-order valence-electron chi connectivity index (χ4n) is 1.12. The summed E-state index contributed by atoms with van der Waals surface area (Å²) in [6, 6.07) is 1.65. The van der Waals surface area contributed by atoms with Crippen LogP contribution in [0.15, 0.2) is 23.2 Å². The van der Waals surface area contributed by atoms with Crippen LogP contribution in [-0.2, 0) is 13.6 Å². The van der Waals surface area contributed by atoms with Gasteiger partial charge in [0.2, 0.25) is 5.95 Å². The third-order valence-corrected chi connectivity index (χ3v) is 2.59. The zero-order valence-corrected chi connectivity index (χ0v) is 9.49. The average molecular weight is 237 g/mol. The number of aryl methyl sites for hydroxylation is 1. The van der Waals surface area contributed by atoms with Crippen LogP contribution in [0.25, 0.3) is 0 Å². The van der Waals surface area contributed by atoms with Gasteiger partial charge < -0.3 is 5.32 Å². The molecule has 2 N–H and O–H groups in total. The van der Waals surface area contributed by atoms with E-state index in [1.54, 1.807) is 18.4 Å². The van der Waals surface area contributed by atoms with Gasteiger partial charge in [0, 0.05) is 13.6 Å². The molecule has 6 nitrogen and oxygen atoms in total. The summed E-state index contributed by atoms with van der Waals surface area (Å²) in [5.74, 6) is 0.297. The van der Waals surface area contributed by atoms with E-state index in [9.17, 15) is 4.79 Å². The van der Waals surface area contributed by atoms with Gasteiger partial charge in [-0.2, -0.15) is 11.3 Å². The number of thiophene rings is 1. The molecule has 16 heavy (non-hydrogen) atoms. The Morgan fingerprint density at radius 1 is 1.62 bits per heavy atom. The number of nitrogens with zero attached hydrogens (tertiary/aromatic N) is 3. The van der Waals surface area contributed by atoms with Gasteiger partial charge in [0.1, 0.15) is 6.33 Å². The Morgan fingerprint density at radius 2 is 2.50 bits per heavy atom. The Bertz CT molecular complexity index is 464. The van der Waals surface area contributed by atoms with E-state index in [1.807, 2.05) is 16.8 Å². The van der Waals surface area contributed by atoms with Gasteiger partial charge in [0.05, 0.1) is 0 Å². The molecule has 0 bridgehead atoms. The van der Waals surface area contributed by atoms with Gasteiger partial charge in [-0.3, -0.25) is 10.00 Å². The van der Waals surface area contributed by atoms with Crippen molar-refractivity contribution in [1.29, 1.82) is 0 Å². The van der Waals surface area contributed by atoms with E-state index in [2.05, 4.69) is 20.7 Å². The first-order valence-electron chi connectivity index (χ1n) is 4.65. The van der Waals surface area contributed by atoms with Crippen LogP contribution in [0.3, 0.4) is 0 Å². The molecule has 0 saturated carbocycles. The summed E-state index contributed by atoms with van der Waals surface area (Å²) in [5.41, 5.74) is 1.08. The molecule has 0 fully saturated rings. The smallest absolute Gasteiger partial charge is 0.321 e. The Kier molecular flexibility index (Phi) is 3.16. The third-order valence-electron chi connectivity index (χ3n) is 1.86. The summed E-state index contributed by atoms with van der Waals surface area (Å²) in [7, 11) is 1.74. The number of carbonyl (C=O) groups is 1. The molecule has 0 aliphatic heterocycles. The summed E-state index contributed by atoms with van der Waals surface area (Å²) in [6.07, 6.45) is 1.52. The van der Waals surface area contributed by atoms with Crippen LogP contribution in [-0.4, -0.2) is 20.8 Å². The van der Waals surface area contributed by atoms with Gasteiger partial charge in [0.15, 0.2) is 0 Å². The minimum absolute atomic E-state index is 0.297. The predicted molar refractivity (Wildman–Crippen MR) is 61.2 cm³/mol. The molecule has 0 unspecified atom stereocenters. The average Bonchev–Trinajstić information content (AvgIpc) is 2.87. The Hall–Kier alpha value is -1.89. The monoisotopic (exact) mass is 237 g/mol. The lowest BCUT2D eigenvalue weighted by molar-refractivity contribution is 0.251. The number of hydrogen-bond acceptors (Lipinski definition) is 4. The highest BCUT2D eigenvalue weighted by Crippen LogP contribution is 2.05. The van der Waals surface area contributed by atoms with Crippen LogP contribution in [0.4, 0.5) is 10.7 Å². The molecule has 0 aliphatic carbocycles. The number of aromatic nitrogens is 3. The highest BCUT2D eigenvalue weighted by Gasteiger charge is 2.04. The number of nitrogens with one attached hydrogen (secondary N) is 2. The molecule has 7 heteroatoms. The fourth-order valence-corrected chi connectivity index (χ4v) is 1.79. The SMILES string of the molecule is Cn1cnc(NC(=O)NCc2ccsc2)n1. The molecule has 2 heterocycles. The molecule has 2 amide bonds. The maximum atomic E-state index is 11.4. The van der Waals surface area contributed by atoms with Crippen LogP contribution < -0.4 is 10.6 Å². The first-order valence-corrected chi connectivity index (χ1v) is 5.60. The number of urea groups is 1. The first-order chi connectivity index (χ1) is 7.74. The minimum Gasteiger partial charge on any atom is -0.334 e. The van der Waals surface area contributed by atoms with Gasteiger partial charge in [0.25, 0.3) is 0 Å². The van der Waals surface area contributed by atoms with Crippen LogP contribution in [0.1, 0.15) is 5.56 Å². The van der Waals surface area contributed by atoms with Gasteiger partial charge >= 0.3 is 6.03 Å². The highest BCUT2D eigenvalue weighted by atomic mass is 32.1. The zero-order chi connectivity index (χ0) is 11.4. The second-order valence-electron chi connectivity index (χ2n) is 3.18. The minimum atomic E-state index is -0.308. The largest absolute Gasteiger partial charge is 0.334 e. The molecular formula is C9H11N5OS. The summed E-state index contributed by atoms with van der Waals surface area (Å²) >= 11 is 1.60. The third kappa shape index (κ3) is 2.80. The first kappa shape index (κ1) is 10.6. The van der Waals surface area contributed by atoms with Crippen LogP contribution in [0, 0.1) is 0 Å². The number of amides is 2. The van der Waals surface area contributed by atoms with Crippen LogP contribution >= 0.6 is 11.3 Å². The van der Waals surface area contributed by atoms with Crippen molar-refractivity contribution in [2.24, 2.45) is 7.05 Å². The lowest BCUT2D eigenvalue weighted by Gasteiger charge is -2.02. The lowest BCUT2D eigenvalue weighted by atomic mass is 10.3. The van der Waals surface area contributed by atoms with E-state index in [1.165, 1.54) is 11.0 Å². The number of carbonyl (C=O) groups excluding carboxylic acids is 1. The Balaban J connectivity index is 1.81. The van der Waals surface area contributed by atoms with Crippen molar-refractivity contribution < 1.29 is 4.79 Å². The quantitative estimate of drug-likeness (QED) is 0.842. The van der Waals surface area contributed by atoms with Crippen LogP contribution in [0.2, 0.25) is 0 Å². The molecule has 0 saturated heterocycles. The molecular weight excluding hydrogens is 226 g/mol. The van der Waals surface area contributed by atoms with Crippen molar-refractivity contribution in [3.8, 4) is 0 Å². The zero-order valence-electron chi connectivity index (χ0n) is 8.67. The van der Waals surface area contributed by atoms with Gasteiger partial charge in [-0.25, -0.2) is 9.78 Å². The van der Waals surface area contributed by atoms with Gasteiger partial charge in [-0.1, -0.05) is 0 Å². The van der Waals surface area contributed by atoms with Crippen molar-refractivity contribution in [1.82, 2.24) is 20.1 Å². The maximum absolute atomic E-state index is 11.4. The normalized spacial score (nSPS) is 10.1. The number of rotatable bonds is 3. The molecule has 0 spiro atoms. The predicted octanol–water partition coefficient (Wildman–Crippen LogP) is 1.20. The van der Waals surface area contributed by atoms with E-state index in [4.69, 9.17) is 0 Å². The molecule has 2 aromatic rings. The summed E-state index contributed by atoms with van der Waals surface area (Å²) in [5, 5.41) is 13.1. The molecule has 84 valence electrons. The second-order valence-corrected chi connectivity index (χ2v) is 3.96. The van der Waals surface area contributed by atoms with Crippen molar-refractivity contribution in [3.63, 3.8) is 0 Å². The number of anilines is 1. The molecule has 0 aromatic carbocycles. The molecule has 0 radical (unpaired) electrons. The highest BCUT2D eigenvalue weighted by molar-refractivity contribution is 7.07. The van der Waals surface area contributed by atoms with Crippen molar-refractivity contribution >= 4 is 23.3 Å². The van der Waals surface area contributed by atoms with E-state index < -0.39 is 0 Å². The van der Waals surface area contributed by atoms with Crippen molar-refractivity contribution in [3.05, 3.63) is 28.7 Å². The van der Waals surface area contributed by atoms with Gasteiger partial charge in [-0.15, -0.1) is 5.10 Å². The molecule has 2 rings (SSSR count). The molecule has 0 atom stereocenters. The summed E-state index contributed by atoms with van der Waals surface area (Å²) in [6.45, 7) is 0.502. The van der Waals surface area contributed by atoms with E-state index in [0.717, 1.165) is 5.56 Å². The van der Waals surface area contributed by atoms with E-state index in [0.29, 0.717) is 12.5 Å². The van der Waals surface area contributed by atoms with E-state index >= 15 is 0 Å². The molecule has 2 aromatic heterocycles. The van der Waals surface area contributed by atoms with Crippen molar-refractivity contribution in [2.75, 3.05) is 5.32 Å². The van der Waals surface area contributed by atoms with E-state index in [-0.39, 0.29) is 6.03 Å². The number of hydrogen-bond donors (Lipinski definition) is 2. The maximum Gasteiger partial charge on any atom is 0.321 e. The standard InChI is InChI=1S/C9H11N5OS/c1-14-6-11-8(13-14)12-9(15)10-4-7-2-3-16-5-7/h2-3,5-6H,4H2,1H3,(H2,10,12,13,15). The summed E-state index contributed by atoms with van der Waals surface area (Å²) < 4.78 is 1.52. The van der Waals surface area contributed by atoms with Crippen LogP contribution in [0.5, 0.6) is 0 Å². The van der Waals surface area contributed by atoms with Crippen molar-refractivity contribution in [2.45, 2.75) is 6.54 Å². The lowest BCUT2D eigenvalue weighted by Crippen LogP contribution is -2.28. The topological polar surface area (TPSA) is 71.8 Å².